The highest BCUT2D eigenvalue weighted by Gasteiger charge is 2.21. The summed E-state index contributed by atoms with van der Waals surface area (Å²) >= 11 is 0. The molecule has 0 spiro atoms. The Morgan fingerprint density at radius 3 is 3.00 bits per heavy atom. The van der Waals surface area contributed by atoms with Crippen molar-refractivity contribution in [1.82, 2.24) is 9.78 Å². The van der Waals surface area contributed by atoms with Crippen molar-refractivity contribution in [1.29, 1.82) is 0 Å². The van der Waals surface area contributed by atoms with Gasteiger partial charge in [-0.1, -0.05) is 6.58 Å². The lowest BCUT2D eigenvalue weighted by Gasteiger charge is -2.19. The quantitative estimate of drug-likeness (QED) is 0.673. The molecule has 1 aromatic heterocycles. The van der Waals surface area contributed by atoms with Gasteiger partial charge in [-0.2, -0.15) is 5.10 Å². The first-order valence-corrected chi connectivity index (χ1v) is 3.67. The molecule has 0 saturated carbocycles. The molecule has 1 atom stereocenters. The summed E-state index contributed by atoms with van der Waals surface area (Å²) in [7, 11) is 0. The monoisotopic (exact) mass is 167 g/mol. The van der Waals surface area contributed by atoms with E-state index < -0.39 is 5.54 Å². The molecule has 0 fully saturated rings. The first-order chi connectivity index (χ1) is 5.60. The molecule has 1 rings (SSSR count). The minimum absolute atomic E-state index is 0.101. The molecule has 12 heavy (non-hydrogen) atoms. The molecule has 0 radical (unpaired) electrons. The first kappa shape index (κ1) is 8.96. The second-order valence-electron chi connectivity index (χ2n) is 2.97. The molecule has 0 saturated heterocycles. The lowest BCUT2D eigenvalue weighted by molar-refractivity contribution is 0.210. The Balaban J connectivity index is 2.95. The Labute approximate surface area is 71.3 Å². The Kier molecular flexibility index (Phi) is 2.30. The van der Waals surface area contributed by atoms with Crippen molar-refractivity contribution >= 4 is 6.20 Å². The number of nitrogens with two attached hydrogens (primary N) is 1. The minimum atomic E-state index is -0.721. The lowest BCUT2D eigenvalue weighted by atomic mass is 9.98. The maximum Gasteiger partial charge on any atom is 0.0651 e. The smallest absolute Gasteiger partial charge is 0.0651 e. The Hall–Kier alpha value is -1.13. The summed E-state index contributed by atoms with van der Waals surface area (Å²) in [5.74, 6) is 0. The van der Waals surface area contributed by atoms with Crippen LogP contribution in [0.3, 0.4) is 0 Å². The molecule has 0 aliphatic carbocycles. The van der Waals surface area contributed by atoms with Gasteiger partial charge in [0, 0.05) is 18.0 Å². The van der Waals surface area contributed by atoms with Crippen molar-refractivity contribution in [3.8, 4) is 0 Å². The van der Waals surface area contributed by atoms with Crippen LogP contribution in [0.25, 0.3) is 6.20 Å². The Morgan fingerprint density at radius 1 is 1.92 bits per heavy atom. The SMILES string of the molecule is C=Cn1cc(C(C)(N)CO)cn1. The normalized spacial score (nSPS) is 15.6. The molecule has 1 unspecified atom stereocenters. The van der Waals surface area contributed by atoms with E-state index in [0.29, 0.717) is 0 Å². The molecule has 0 bridgehead atoms. The zero-order chi connectivity index (χ0) is 9.19. The van der Waals surface area contributed by atoms with Crippen LogP contribution >= 0.6 is 0 Å². The van der Waals surface area contributed by atoms with Gasteiger partial charge in [-0.15, -0.1) is 0 Å². The second kappa shape index (κ2) is 3.08. The van der Waals surface area contributed by atoms with E-state index in [2.05, 4.69) is 11.7 Å². The fraction of sp³-hybridized carbons (Fsp3) is 0.375. The van der Waals surface area contributed by atoms with Crippen molar-refractivity contribution in [3.63, 3.8) is 0 Å². The van der Waals surface area contributed by atoms with Gasteiger partial charge in [0.15, 0.2) is 0 Å². The van der Waals surface area contributed by atoms with E-state index in [-0.39, 0.29) is 6.61 Å². The van der Waals surface area contributed by atoms with Gasteiger partial charge in [0.25, 0.3) is 0 Å². The van der Waals surface area contributed by atoms with Crippen LogP contribution in [0.4, 0.5) is 0 Å². The van der Waals surface area contributed by atoms with Crippen LogP contribution in [0.1, 0.15) is 12.5 Å². The van der Waals surface area contributed by atoms with E-state index in [1.54, 1.807) is 30.2 Å². The first-order valence-electron chi connectivity index (χ1n) is 3.67. The van der Waals surface area contributed by atoms with Gasteiger partial charge < -0.3 is 10.8 Å². The third-order valence-corrected chi connectivity index (χ3v) is 1.78. The van der Waals surface area contributed by atoms with Gasteiger partial charge in [-0.3, -0.25) is 0 Å². The predicted octanol–water partition coefficient (Wildman–Crippen LogP) is 0.150. The van der Waals surface area contributed by atoms with E-state index in [4.69, 9.17) is 10.8 Å². The Bertz CT molecular complexity index is 278. The third-order valence-electron chi connectivity index (χ3n) is 1.78. The number of aliphatic hydroxyl groups excluding tert-OH is 1. The molecule has 4 heteroatoms. The highest BCUT2D eigenvalue weighted by molar-refractivity contribution is 5.22. The van der Waals surface area contributed by atoms with E-state index in [1.807, 2.05) is 0 Å². The number of hydrogen-bond donors (Lipinski definition) is 2. The molecule has 0 amide bonds. The summed E-state index contributed by atoms with van der Waals surface area (Å²) in [5, 5.41) is 12.9. The van der Waals surface area contributed by atoms with Crippen molar-refractivity contribution in [2.45, 2.75) is 12.5 Å². The molecule has 1 heterocycles. The topological polar surface area (TPSA) is 64.1 Å². The summed E-state index contributed by atoms with van der Waals surface area (Å²) in [6.45, 7) is 5.20. The lowest BCUT2D eigenvalue weighted by Crippen LogP contribution is -2.36. The molecular formula is C8H13N3O. The maximum atomic E-state index is 8.94. The van der Waals surface area contributed by atoms with Crippen LogP contribution in [-0.4, -0.2) is 21.5 Å². The number of aromatic nitrogens is 2. The number of hydrogen-bond acceptors (Lipinski definition) is 3. The third kappa shape index (κ3) is 1.54. The zero-order valence-electron chi connectivity index (χ0n) is 7.07. The van der Waals surface area contributed by atoms with E-state index in [9.17, 15) is 0 Å². The minimum Gasteiger partial charge on any atom is -0.394 e. The molecular weight excluding hydrogens is 154 g/mol. The molecule has 0 aliphatic rings. The second-order valence-corrected chi connectivity index (χ2v) is 2.97. The summed E-state index contributed by atoms with van der Waals surface area (Å²) in [5.41, 5.74) is 5.84. The molecule has 0 aliphatic heterocycles. The van der Waals surface area contributed by atoms with E-state index in [1.165, 1.54) is 0 Å². The molecule has 1 aromatic rings. The highest BCUT2D eigenvalue weighted by atomic mass is 16.3. The summed E-state index contributed by atoms with van der Waals surface area (Å²) in [6.07, 6.45) is 4.93. The Morgan fingerprint density at radius 2 is 2.58 bits per heavy atom. The summed E-state index contributed by atoms with van der Waals surface area (Å²) < 4.78 is 1.55. The van der Waals surface area contributed by atoms with Gasteiger partial charge in [0.1, 0.15) is 0 Å². The van der Waals surface area contributed by atoms with Gasteiger partial charge in [0.05, 0.1) is 18.3 Å². The van der Waals surface area contributed by atoms with E-state index >= 15 is 0 Å². The largest absolute Gasteiger partial charge is 0.394 e. The number of nitrogens with zero attached hydrogens (tertiary/aromatic N) is 2. The molecule has 0 aromatic carbocycles. The summed E-state index contributed by atoms with van der Waals surface area (Å²) in [4.78, 5) is 0. The van der Waals surface area contributed by atoms with Crippen LogP contribution in [0.5, 0.6) is 0 Å². The summed E-state index contributed by atoms with van der Waals surface area (Å²) in [6, 6.07) is 0. The fourth-order valence-corrected chi connectivity index (χ4v) is 0.824. The standard InChI is InChI=1S/C8H13N3O/c1-3-11-5-7(4-10-11)8(2,9)6-12/h3-5,12H,1,6,9H2,2H3. The van der Waals surface area contributed by atoms with Crippen molar-refractivity contribution in [2.24, 2.45) is 5.73 Å². The maximum absolute atomic E-state index is 8.94. The van der Waals surface area contributed by atoms with Crippen LogP contribution in [0.15, 0.2) is 19.0 Å². The average Bonchev–Trinajstić information content (AvgIpc) is 2.52. The molecule has 66 valence electrons. The predicted molar refractivity (Wildman–Crippen MR) is 47.2 cm³/mol. The van der Waals surface area contributed by atoms with Crippen molar-refractivity contribution in [3.05, 3.63) is 24.5 Å². The number of rotatable bonds is 3. The molecule has 4 nitrogen and oxygen atoms in total. The van der Waals surface area contributed by atoms with Gasteiger partial charge in [-0.05, 0) is 6.92 Å². The molecule has 3 N–H and O–H groups in total. The van der Waals surface area contributed by atoms with Gasteiger partial charge in [0.2, 0.25) is 0 Å². The van der Waals surface area contributed by atoms with Crippen molar-refractivity contribution in [2.75, 3.05) is 6.61 Å². The van der Waals surface area contributed by atoms with Gasteiger partial charge >= 0.3 is 0 Å². The highest BCUT2D eigenvalue weighted by Crippen LogP contribution is 2.15. The van der Waals surface area contributed by atoms with Crippen LogP contribution in [-0.2, 0) is 5.54 Å². The zero-order valence-corrected chi connectivity index (χ0v) is 7.07. The van der Waals surface area contributed by atoms with E-state index in [0.717, 1.165) is 5.56 Å². The van der Waals surface area contributed by atoms with Crippen LogP contribution in [0.2, 0.25) is 0 Å². The fourth-order valence-electron chi connectivity index (χ4n) is 0.824. The van der Waals surface area contributed by atoms with Crippen LogP contribution in [0, 0.1) is 0 Å². The van der Waals surface area contributed by atoms with Gasteiger partial charge in [-0.25, -0.2) is 4.68 Å². The average molecular weight is 167 g/mol. The number of aliphatic hydroxyl groups is 1. The van der Waals surface area contributed by atoms with Crippen molar-refractivity contribution < 1.29 is 5.11 Å². The van der Waals surface area contributed by atoms with Crippen LogP contribution < -0.4 is 5.73 Å².